The van der Waals surface area contributed by atoms with Crippen molar-refractivity contribution in [3.63, 3.8) is 0 Å². The van der Waals surface area contributed by atoms with Gasteiger partial charge in [0, 0.05) is 0 Å². The van der Waals surface area contributed by atoms with Gasteiger partial charge in [-0.1, -0.05) is 19.1 Å². The van der Waals surface area contributed by atoms with Crippen molar-refractivity contribution in [2.75, 3.05) is 0 Å². The number of carboxylic acid groups (broad SMARTS) is 1. The average Bonchev–Trinajstić information content (AvgIpc) is 1.85. The number of carbonyl (C=O) groups is 1. The smallest absolute Gasteiger partial charge is 0.306 e. The normalized spacial score (nSPS) is 31.9. The molecule has 0 aliphatic heterocycles. The third-order valence-electron chi connectivity index (χ3n) is 2.21. The van der Waals surface area contributed by atoms with Gasteiger partial charge in [0.1, 0.15) is 0 Å². The van der Waals surface area contributed by atoms with Gasteiger partial charge in [-0.3, -0.25) is 4.79 Å². The molecule has 1 aliphatic rings. The van der Waals surface area contributed by atoms with Crippen LogP contribution in [0.15, 0.2) is 12.2 Å². The lowest BCUT2D eigenvalue weighted by molar-refractivity contribution is -0.142. The molecule has 2 nitrogen and oxygen atoms in total. The third kappa shape index (κ3) is 2.07. The maximum atomic E-state index is 10.6. The molecule has 0 spiro atoms. The van der Waals surface area contributed by atoms with Crippen molar-refractivity contribution >= 4 is 5.97 Å². The third-order valence-corrected chi connectivity index (χ3v) is 2.21. The van der Waals surface area contributed by atoms with E-state index in [4.69, 9.17) is 5.11 Å². The van der Waals surface area contributed by atoms with E-state index >= 15 is 0 Å². The van der Waals surface area contributed by atoms with Crippen LogP contribution in [-0.4, -0.2) is 11.1 Å². The molecule has 1 saturated carbocycles. The fourth-order valence-electron chi connectivity index (χ4n) is 1.77. The zero-order valence-corrected chi connectivity index (χ0v) is 6.84. The van der Waals surface area contributed by atoms with Crippen molar-refractivity contribution < 1.29 is 9.90 Å². The van der Waals surface area contributed by atoms with Crippen LogP contribution in [0.2, 0.25) is 0 Å². The number of rotatable bonds is 1. The highest BCUT2D eigenvalue weighted by atomic mass is 16.4. The fraction of sp³-hybridized carbons (Fsp3) is 0.667. The topological polar surface area (TPSA) is 37.3 Å². The lowest BCUT2D eigenvalue weighted by atomic mass is 9.80. The highest BCUT2D eigenvalue weighted by molar-refractivity contribution is 5.70. The minimum atomic E-state index is -0.669. The highest BCUT2D eigenvalue weighted by Crippen LogP contribution is 2.31. The van der Waals surface area contributed by atoms with Gasteiger partial charge in [0.25, 0.3) is 0 Å². The molecule has 0 amide bonds. The van der Waals surface area contributed by atoms with Crippen LogP contribution in [-0.2, 0) is 4.79 Å². The lowest BCUT2D eigenvalue weighted by Gasteiger charge is -2.25. The van der Waals surface area contributed by atoms with E-state index in [0.717, 1.165) is 18.4 Å². The van der Waals surface area contributed by atoms with Gasteiger partial charge in [0.15, 0.2) is 0 Å². The molecule has 62 valence electrons. The number of allylic oxidation sites excluding steroid dienone is 1. The van der Waals surface area contributed by atoms with Gasteiger partial charge in [-0.2, -0.15) is 0 Å². The molecule has 2 atom stereocenters. The van der Waals surface area contributed by atoms with E-state index in [-0.39, 0.29) is 5.92 Å². The minimum absolute atomic E-state index is 0.175. The van der Waals surface area contributed by atoms with Gasteiger partial charge in [-0.05, 0) is 25.2 Å². The molecule has 1 N–H and O–H groups in total. The van der Waals surface area contributed by atoms with Crippen LogP contribution in [0.1, 0.15) is 26.2 Å². The molecule has 1 rings (SSSR count). The van der Waals surface area contributed by atoms with Crippen molar-refractivity contribution in [2.45, 2.75) is 26.2 Å². The molecule has 0 aromatic heterocycles. The summed E-state index contributed by atoms with van der Waals surface area (Å²) in [6.45, 7) is 5.92. The molecular weight excluding hydrogens is 140 g/mol. The Hall–Kier alpha value is -0.790. The van der Waals surface area contributed by atoms with Crippen LogP contribution in [0.5, 0.6) is 0 Å². The summed E-state index contributed by atoms with van der Waals surface area (Å²) >= 11 is 0. The molecule has 2 unspecified atom stereocenters. The van der Waals surface area contributed by atoms with Crippen LogP contribution in [0.25, 0.3) is 0 Å². The quantitative estimate of drug-likeness (QED) is 0.587. The highest BCUT2D eigenvalue weighted by Gasteiger charge is 2.26. The van der Waals surface area contributed by atoms with Crippen molar-refractivity contribution in [3.05, 3.63) is 12.2 Å². The van der Waals surface area contributed by atoms with E-state index in [0.29, 0.717) is 12.3 Å². The summed E-state index contributed by atoms with van der Waals surface area (Å²) in [7, 11) is 0. The van der Waals surface area contributed by atoms with Gasteiger partial charge in [-0.15, -0.1) is 0 Å². The van der Waals surface area contributed by atoms with E-state index in [1.807, 2.05) is 0 Å². The zero-order chi connectivity index (χ0) is 8.43. The summed E-state index contributed by atoms with van der Waals surface area (Å²) < 4.78 is 0. The second kappa shape index (κ2) is 3.07. The van der Waals surface area contributed by atoms with Crippen molar-refractivity contribution in [1.82, 2.24) is 0 Å². The Kier molecular flexibility index (Phi) is 2.32. The SMILES string of the molecule is C=C1CC(C)CC(C(=O)O)C1. The predicted octanol–water partition coefficient (Wildman–Crippen LogP) is 2.06. The first-order valence-electron chi connectivity index (χ1n) is 3.99. The summed E-state index contributed by atoms with van der Waals surface area (Å²) in [5, 5.41) is 8.73. The first kappa shape index (κ1) is 8.31. The standard InChI is InChI=1S/C9H14O2/c1-6-3-7(2)5-8(4-6)9(10)11/h7-8H,1,3-5H2,2H3,(H,10,11). The van der Waals surface area contributed by atoms with E-state index in [2.05, 4.69) is 13.5 Å². The molecule has 0 aromatic rings. The Bertz CT molecular complexity index is 184. The first-order chi connectivity index (χ1) is 5.09. The number of hydrogen-bond acceptors (Lipinski definition) is 1. The summed E-state index contributed by atoms with van der Waals surface area (Å²) in [5.74, 6) is -0.346. The van der Waals surface area contributed by atoms with Gasteiger partial charge >= 0.3 is 5.97 Å². The van der Waals surface area contributed by atoms with Gasteiger partial charge in [-0.25, -0.2) is 0 Å². The molecule has 0 aromatic carbocycles. The van der Waals surface area contributed by atoms with E-state index in [9.17, 15) is 4.79 Å². The van der Waals surface area contributed by atoms with E-state index in [1.165, 1.54) is 0 Å². The van der Waals surface area contributed by atoms with Crippen molar-refractivity contribution in [3.8, 4) is 0 Å². The molecule has 0 bridgehead atoms. The van der Waals surface area contributed by atoms with Gasteiger partial charge < -0.3 is 5.11 Å². The Labute approximate surface area is 66.9 Å². The van der Waals surface area contributed by atoms with Crippen molar-refractivity contribution in [2.24, 2.45) is 11.8 Å². The predicted molar refractivity (Wildman–Crippen MR) is 43.3 cm³/mol. The summed E-state index contributed by atoms with van der Waals surface area (Å²) in [4.78, 5) is 10.6. The second-order valence-electron chi connectivity index (χ2n) is 3.53. The van der Waals surface area contributed by atoms with E-state index < -0.39 is 5.97 Å². The van der Waals surface area contributed by atoms with Crippen LogP contribution in [0.3, 0.4) is 0 Å². The molecular formula is C9H14O2. The molecule has 0 heterocycles. The summed E-state index contributed by atoms with van der Waals surface area (Å²) in [6, 6.07) is 0. The lowest BCUT2D eigenvalue weighted by Crippen LogP contribution is -2.22. The van der Waals surface area contributed by atoms with Crippen molar-refractivity contribution in [1.29, 1.82) is 0 Å². The largest absolute Gasteiger partial charge is 0.481 e. The minimum Gasteiger partial charge on any atom is -0.481 e. The second-order valence-corrected chi connectivity index (χ2v) is 3.53. The summed E-state index contributed by atoms with van der Waals surface area (Å²) in [5.41, 5.74) is 1.09. The fourth-order valence-corrected chi connectivity index (χ4v) is 1.77. The number of carboxylic acids is 1. The van der Waals surface area contributed by atoms with Crippen LogP contribution < -0.4 is 0 Å². The molecule has 0 radical (unpaired) electrons. The molecule has 0 saturated heterocycles. The molecule has 11 heavy (non-hydrogen) atoms. The van der Waals surface area contributed by atoms with Crippen LogP contribution in [0, 0.1) is 11.8 Å². The maximum Gasteiger partial charge on any atom is 0.306 e. The molecule has 1 fully saturated rings. The van der Waals surface area contributed by atoms with Crippen LogP contribution in [0.4, 0.5) is 0 Å². The average molecular weight is 154 g/mol. The van der Waals surface area contributed by atoms with Crippen LogP contribution >= 0.6 is 0 Å². The monoisotopic (exact) mass is 154 g/mol. The number of aliphatic carboxylic acids is 1. The summed E-state index contributed by atoms with van der Waals surface area (Å²) in [6.07, 6.45) is 2.50. The van der Waals surface area contributed by atoms with Gasteiger partial charge in [0.05, 0.1) is 5.92 Å². The Balaban J connectivity index is 2.56. The van der Waals surface area contributed by atoms with Gasteiger partial charge in [0.2, 0.25) is 0 Å². The Morgan fingerprint density at radius 1 is 1.64 bits per heavy atom. The first-order valence-corrected chi connectivity index (χ1v) is 3.99. The molecule has 1 aliphatic carbocycles. The molecule has 2 heteroatoms. The Morgan fingerprint density at radius 2 is 2.27 bits per heavy atom. The zero-order valence-electron chi connectivity index (χ0n) is 6.84. The maximum absolute atomic E-state index is 10.6. The number of hydrogen-bond donors (Lipinski definition) is 1. The van der Waals surface area contributed by atoms with E-state index in [1.54, 1.807) is 0 Å². The Morgan fingerprint density at radius 3 is 2.73 bits per heavy atom.